The van der Waals surface area contributed by atoms with Crippen molar-refractivity contribution in [1.29, 1.82) is 0 Å². The molecule has 0 atom stereocenters. The predicted molar refractivity (Wildman–Crippen MR) is 80.6 cm³/mol. The molecule has 1 aromatic heterocycles. The highest BCUT2D eigenvalue weighted by atomic mass is 16.7. The van der Waals surface area contributed by atoms with Crippen molar-refractivity contribution in [3.8, 4) is 0 Å². The number of nitrogens with zero attached hydrogens (tertiary/aromatic N) is 1. The summed E-state index contributed by atoms with van der Waals surface area (Å²) in [6, 6.07) is 3.53. The molecule has 0 bridgehead atoms. The fraction of sp³-hybridized carbons (Fsp3) is 0.571. The van der Waals surface area contributed by atoms with Gasteiger partial charge >= 0.3 is 13.2 Å². The Morgan fingerprint density at radius 1 is 1.33 bits per heavy atom. The van der Waals surface area contributed by atoms with E-state index >= 15 is 0 Å². The molecule has 0 unspecified atom stereocenters. The molecule has 1 fully saturated rings. The lowest BCUT2D eigenvalue weighted by Crippen LogP contribution is -2.41. The van der Waals surface area contributed by atoms with E-state index < -0.39 is 24.4 Å². The predicted octanol–water partition coefficient (Wildman–Crippen LogP) is 1.95. The minimum Gasteiger partial charge on any atom is -0.450 e. The molecular formula is C14H21BN2O4. The molecule has 1 amide bonds. The molecule has 114 valence electrons. The minimum atomic E-state index is -0.531. The van der Waals surface area contributed by atoms with E-state index in [-0.39, 0.29) is 0 Å². The second-order valence-corrected chi connectivity index (χ2v) is 5.91. The van der Waals surface area contributed by atoms with Crippen LogP contribution >= 0.6 is 0 Å². The van der Waals surface area contributed by atoms with E-state index in [2.05, 4.69) is 10.3 Å². The molecule has 1 aliphatic heterocycles. The summed E-state index contributed by atoms with van der Waals surface area (Å²) in [5.41, 5.74) is -0.0128. The van der Waals surface area contributed by atoms with Gasteiger partial charge in [0, 0.05) is 6.20 Å². The lowest BCUT2D eigenvalue weighted by Gasteiger charge is -2.32. The summed E-state index contributed by atoms with van der Waals surface area (Å²) in [7, 11) is -0.485. The quantitative estimate of drug-likeness (QED) is 0.862. The molecule has 6 nitrogen and oxygen atoms in total. The number of anilines is 1. The van der Waals surface area contributed by atoms with E-state index in [1.54, 1.807) is 25.3 Å². The molecule has 2 rings (SSSR count). The highest BCUT2D eigenvalue weighted by Crippen LogP contribution is 2.36. The van der Waals surface area contributed by atoms with Gasteiger partial charge in [0.05, 0.1) is 17.8 Å². The molecule has 2 heterocycles. The Morgan fingerprint density at radius 3 is 2.52 bits per heavy atom. The van der Waals surface area contributed by atoms with Crippen LogP contribution in [-0.2, 0) is 14.0 Å². The number of amides is 1. The van der Waals surface area contributed by atoms with Crippen LogP contribution in [0.2, 0.25) is 0 Å². The van der Waals surface area contributed by atoms with E-state index in [0.29, 0.717) is 12.4 Å². The third-order valence-corrected chi connectivity index (χ3v) is 3.81. The maximum absolute atomic E-state index is 11.4. The maximum Gasteiger partial charge on any atom is 0.495 e. The first-order chi connectivity index (χ1) is 9.75. The lowest BCUT2D eigenvalue weighted by atomic mass is 9.80. The number of pyridine rings is 1. The zero-order valence-corrected chi connectivity index (χ0v) is 13.1. The number of ether oxygens (including phenoxy) is 1. The van der Waals surface area contributed by atoms with Gasteiger partial charge in [0.15, 0.2) is 0 Å². The number of carbonyl (C=O) groups excluding carboxylic acids is 1. The summed E-state index contributed by atoms with van der Waals surface area (Å²) >= 11 is 0. The molecule has 1 aromatic rings. The summed E-state index contributed by atoms with van der Waals surface area (Å²) in [5, 5.41) is 2.56. The van der Waals surface area contributed by atoms with E-state index in [4.69, 9.17) is 14.0 Å². The molecule has 1 aliphatic rings. The second kappa shape index (κ2) is 5.65. The first-order valence-electron chi connectivity index (χ1n) is 7.00. The average molecular weight is 292 g/mol. The van der Waals surface area contributed by atoms with Gasteiger partial charge in [-0.15, -0.1) is 0 Å². The molecule has 1 saturated heterocycles. The normalized spacial score (nSPS) is 19.4. The minimum absolute atomic E-state index is 0.308. The van der Waals surface area contributed by atoms with Gasteiger partial charge in [-0.1, -0.05) is 0 Å². The first kappa shape index (κ1) is 15.8. The second-order valence-electron chi connectivity index (χ2n) is 5.91. The smallest absolute Gasteiger partial charge is 0.450 e. The Kier molecular flexibility index (Phi) is 4.25. The fourth-order valence-electron chi connectivity index (χ4n) is 1.91. The summed E-state index contributed by atoms with van der Waals surface area (Å²) in [5.74, 6) is 0.403. The molecule has 0 aromatic carbocycles. The van der Waals surface area contributed by atoms with Crippen LogP contribution in [0, 0.1) is 0 Å². The number of hydrogen-bond donors (Lipinski definition) is 1. The summed E-state index contributed by atoms with van der Waals surface area (Å²) in [6.07, 6.45) is 1.07. The van der Waals surface area contributed by atoms with Gasteiger partial charge in [0.25, 0.3) is 0 Å². The number of aromatic nitrogens is 1. The van der Waals surface area contributed by atoms with Crippen LogP contribution in [0.5, 0.6) is 0 Å². The topological polar surface area (TPSA) is 69.7 Å². The highest BCUT2D eigenvalue weighted by molar-refractivity contribution is 6.62. The Bertz CT molecular complexity index is 517. The Balaban J connectivity index is 2.14. The van der Waals surface area contributed by atoms with Crippen LogP contribution in [0.15, 0.2) is 18.3 Å². The Labute approximate surface area is 125 Å². The van der Waals surface area contributed by atoms with Gasteiger partial charge in [-0.3, -0.25) is 5.32 Å². The summed E-state index contributed by atoms with van der Waals surface area (Å²) in [6.45, 7) is 10.0. The average Bonchev–Trinajstić information content (AvgIpc) is 2.59. The molecule has 0 aliphatic carbocycles. The van der Waals surface area contributed by atoms with Crippen molar-refractivity contribution in [3.63, 3.8) is 0 Å². The van der Waals surface area contributed by atoms with Gasteiger partial charge in [-0.2, -0.15) is 0 Å². The van der Waals surface area contributed by atoms with Crippen molar-refractivity contribution in [1.82, 2.24) is 4.98 Å². The standard InChI is InChI=1S/C14H21BN2O4/c1-6-19-12(18)17-11-9-10(7-8-16-11)15-20-13(2,3)14(4,5)21-15/h7-9H,6H2,1-5H3,(H,16,17,18). The fourth-order valence-corrected chi connectivity index (χ4v) is 1.91. The van der Waals surface area contributed by atoms with E-state index in [9.17, 15) is 4.79 Å². The van der Waals surface area contributed by atoms with Gasteiger partial charge in [0.1, 0.15) is 5.82 Å². The number of carbonyl (C=O) groups is 1. The SMILES string of the molecule is CCOC(=O)Nc1cc(B2OC(C)(C)C(C)(C)O2)ccn1. The molecule has 7 heteroatoms. The zero-order valence-electron chi connectivity index (χ0n) is 13.1. The van der Waals surface area contributed by atoms with Crippen molar-refractivity contribution in [2.24, 2.45) is 0 Å². The number of hydrogen-bond acceptors (Lipinski definition) is 5. The van der Waals surface area contributed by atoms with Crippen LogP contribution in [0.4, 0.5) is 10.6 Å². The lowest BCUT2D eigenvalue weighted by molar-refractivity contribution is 0.00578. The molecule has 0 spiro atoms. The van der Waals surface area contributed by atoms with E-state index in [1.807, 2.05) is 27.7 Å². The van der Waals surface area contributed by atoms with Gasteiger partial charge in [-0.05, 0) is 52.2 Å². The van der Waals surface area contributed by atoms with Gasteiger partial charge in [0.2, 0.25) is 0 Å². The molecule has 0 radical (unpaired) electrons. The Morgan fingerprint density at radius 2 is 1.95 bits per heavy atom. The third kappa shape index (κ3) is 3.36. The summed E-state index contributed by atoms with van der Waals surface area (Å²) in [4.78, 5) is 15.5. The summed E-state index contributed by atoms with van der Waals surface area (Å²) < 4.78 is 16.8. The molecule has 1 N–H and O–H groups in total. The van der Waals surface area contributed by atoms with Crippen LogP contribution in [0.3, 0.4) is 0 Å². The molecule has 21 heavy (non-hydrogen) atoms. The van der Waals surface area contributed by atoms with E-state index in [0.717, 1.165) is 5.46 Å². The van der Waals surface area contributed by atoms with Crippen molar-refractivity contribution < 1.29 is 18.8 Å². The van der Waals surface area contributed by atoms with Crippen LogP contribution in [-0.4, -0.2) is 36.0 Å². The highest BCUT2D eigenvalue weighted by Gasteiger charge is 2.51. The molecule has 0 saturated carbocycles. The van der Waals surface area contributed by atoms with Crippen molar-refractivity contribution >= 4 is 24.5 Å². The van der Waals surface area contributed by atoms with Crippen molar-refractivity contribution in [2.45, 2.75) is 45.8 Å². The monoisotopic (exact) mass is 292 g/mol. The first-order valence-corrected chi connectivity index (χ1v) is 7.00. The van der Waals surface area contributed by atoms with Crippen molar-refractivity contribution in [3.05, 3.63) is 18.3 Å². The Hall–Kier alpha value is -1.60. The zero-order chi connectivity index (χ0) is 15.7. The van der Waals surface area contributed by atoms with Gasteiger partial charge in [-0.25, -0.2) is 9.78 Å². The number of rotatable bonds is 3. The third-order valence-electron chi connectivity index (χ3n) is 3.81. The van der Waals surface area contributed by atoms with Crippen LogP contribution in [0.25, 0.3) is 0 Å². The molecular weight excluding hydrogens is 271 g/mol. The largest absolute Gasteiger partial charge is 0.495 e. The maximum atomic E-state index is 11.4. The van der Waals surface area contributed by atoms with Gasteiger partial charge < -0.3 is 14.0 Å². The van der Waals surface area contributed by atoms with E-state index in [1.165, 1.54) is 0 Å². The number of nitrogens with one attached hydrogen (secondary N) is 1. The van der Waals surface area contributed by atoms with Crippen LogP contribution < -0.4 is 10.8 Å². The van der Waals surface area contributed by atoms with Crippen LogP contribution in [0.1, 0.15) is 34.6 Å². The van der Waals surface area contributed by atoms with Crippen molar-refractivity contribution in [2.75, 3.05) is 11.9 Å².